The molecule has 0 N–H and O–H groups in total. The molecule has 130 valence electrons. The lowest BCUT2D eigenvalue weighted by Gasteiger charge is -2.37. The van der Waals surface area contributed by atoms with Crippen molar-refractivity contribution >= 4 is 11.4 Å². The van der Waals surface area contributed by atoms with Gasteiger partial charge in [-0.25, -0.2) is 4.39 Å². The topological polar surface area (TPSA) is 30.3 Å². The van der Waals surface area contributed by atoms with Gasteiger partial charge < -0.3 is 9.80 Å². The third kappa shape index (κ3) is 3.53. The van der Waals surface area contributed by atoms with Crippen LogP contribution >= 0.6 is 0 Å². The number of rotatable bonds is 2. The number of benzene rings is 2. The Balaban J connectivity index is 1.78. The van der Waals surface area contributed by atoms with Gasteiger partial charge in [0.05, 0.1) is 22.9 Å². The highest BCUT2D eigenvalue weighted by atomic mass is 19.4. The zero-order valence-corrected chi connectivity index (χ0v) is 13.2. The number of piperazine rings is 1. The van der Waals surface area contributed by atoms with Crippen LogP contribution in [0.4, 0.5) is 28.9 Å². The van der Waals surface area contributed by atoms with Gasteiger partial charge >= 0.3 is 6.18 Å². The van der Waals surface area contributed by atoms with E-state index in [-0.39, 0.29) is 11.4 Å². The second-order valence-corrected chi connectivity index (χ2v) is 5.76. The SMILES string of the molecule is N#Cc1ccc(N2CCN(c3ccccc3F)CC2)cc1C(F)(F)F. The van der Waals surface area contributed by atoms with E-state index < -0.39 is 11.7 Å². The molecule has 0 radical (unpaired) electrons. The molecular weight excluding hydrogens is 334 g/mol. The largest absolute Gasteiger partial charge is 0.417 e. The number of nitriles is 1. The van der Waals surface area contributed by atoms with Crippen molar-refractivity contribution in [2.24, 2.45) is 0 Å². The van der Waals surface area contributed by atoms with E-state index in [1.807, 2.05) is 9.80 Å². The fraction of sp³-hybridized carbons (Fsp3) is 0.278. The normalized spacial score (nSPS) is 15.2. The Bertz CT molecular complexity index is 803. The van der Waals surface area contributed by atoms with Crippen molar-refractivity contribution in [3.63, 3.8) is 0 Å². The Labute approximate surface area is 142 Å². The van der Waals surface area contributed by atoms with E-state index in [2.05, 4.69) is 0 Å². The molecule has 0 saturated carbocycles. The monoisotopic (exact) mass is 349 g/mol. The van der Waals surface area contributed by atoms with Crippen LogP contribution in [0.5, 0.6) is 0 Å². The zero-order chi connectivity index (χ0) is 18.0. The molecule has 0 atom stereocenters. The van der Waals surface area contributed by atoms with Gasteiger partial charge in [0.1, 0.15) is 5.82 Å². The second kappa shape index (κ2) is 6.63. The molecule has 3 nitrogen and oxygen atoms in total. The summed E-state index contributed by atoms with van der Waals surface area (Å²) in [6.07, 6.45) is -4.57. The summed E-state index contributed by atoms with van der Waals surface area (Å²) in [4.78, 5) is 3.69. The van der Waals surface area contributed by atoms with Gasteiger partial charge in [0.25, 0.3) is 0 Å². The number of nitrogens with zero attached hydrogens (tertiary/aromatic N) is 3. The summed E-state index contributed by atoms with van der Waals surface area (Å²) < 4.78 is 53.1. The average Bonchev–Trinajstić information content (AvgIpc) is 2.61. The molecule has 1 aliphatic heterocycles. The predicted molar refractivity (Wildman–Crippen MR) is 87.0 cm³/mol. The quantitative estimate of drug-likeness (QED) is 0.767. The van der Waals surface area contributed by atoms with Crippen LogP contribution in [0, 0.1) is 17.1 Å². The van der Waals surface area contributed by atoms with Crippen LogP contribution in [0.15, 0.2) is 42.5 Å². The fourth-order valence-corrected chi connectivity index (χ4v) is 2.97. The molecule has 0 spiro atoms. The minimum absolute atomic E-state index is 0.311. The number of halogens is 4. The number of anilines is 2. The van der Waals surface area contributed by atoms with Crippen LogP contribution < -0.4 is 9.80 Å². The number of para-hydroxylation sites is 1. The maximum Gasteiger partial charge on any atom is 0.417 e. The van der Waals surface area contributed by atoms with Gasteiger partial charge in [0.15, 0.2) is 0 Å². The molecule has 1 fully saturated rings. The van der Waals surface area contributed by atoms with Gasteiger partial charge in [0, 0.05) is 31.9 Å². The Hall–Kier alpha value is -2.75. The van der Waals surface area contributed by atoms with E-state index in [0.29, 0.717) is 37.6 Å². The Morgan fingerprint density at radius 1 is 0.920 bits per heavy atom. The maximum atomic E-state index is 13.9. The number of hydrogen-bond donors (Lipinski definition) is 0. The molecule has 25 heavy (non-hydrogen) atoms. The lowest BCUT2D eigenvalue weighted by atomic mass is 10.1. The summed E-state index contributed by atoms with van der Waals surface area (Å²) in [6.45, 7) is 1.94. The van der Waals surface area contributed by atoms with Crippen LogP contribution in [-0.4, -0.2) is 26.2 Å². The van der Waals surface area contributed by atoms with Gasteiger partial charge in [-0.15, -0.1) is 0 Å². The summed E-state index contributed by atoms with van der Waals surface area (Å²) >= 11 is 0. The minimum Gasteiger partial charge on any atom is -0.368 e. The van der Waals surface area contributed by atoms with E-state index in [1.165, 1.54) is 18.2 Å². The lowest BCUT2D eigenvalue weighted by molar-refractivity contribution is -0.137. The van der Waals surface area contributed by atoms with Gasteiger partial charge in [0.2, 0.25) is 0 Å². The molecule has 1 saturated heterocycles. The second-order valence-electron chi connectivity index (χ2n) is 5.76. The molecule has 7 heteroatoms. The van der Waals surface area contributed by atoms with Crippen molar-refractivity contribution in [3.8, 4) is 6.07 Å². The van der Waals surface area contributed by atoms with Crippen molar-refractivity contribution in [2.45, 2.75) is 6.18 Å². The molecule has 1 aliphatic rings. The summed E-state index contributed by atoms with van der Waals surface area (Å²) in [5.41, 5.74) is -0.400. The first-order valence-electron chi connectivity index (χ1n) is 7.76. The van der Waals surface area contributed by atoms with Crippen LogP contribution in [0.1, 0.15) is 11.1 Å². The highest BCUT2D eigenvalue weighted by Crippen LogP contribution is 2.34. The molecular formula is C18H15F4N3. The van der Waals surface area contributed by atoms with Crippen LogP contribution in [0.2, 0.25) is 0 Å². The van der Waals surface area contributed by atoms with Gasteiger partial charge in [-0.05, 0) is 30.3 Å². The molecule has 2 aromatic carbocycles. The molecule has 3 rings (SSSR count). The van der Waals surface area contributed by atoms with Gasteiger partial charge in [-0.2, -0.15) is 18.4 Å². The third-order valence-corrected chi connectivity index (χ3v) is 4.27. The first kappa shape index (κ1) is 17.1. The minimum atomic E-state index is -4.57. The Kier molecular flexibility index (Phi) is 4.53. The van der Waals surface area contributed by atoms with Crippen molar-refractivity contribution in [2.75, 3.05) is 36.0 Å². The molecule has 0 bridgehead atoms. The molecule has 2 aromatic rings. The molecule has 0 aliphatic carbocycles. The number of hydrogen-bond acceptors (Lipinski definition) is 3. The fourth-order valence-electron chi connectivity index (χ4n) is 2.97. The lowest BCUT2D eigenvalue weighted by Crippen LogP contribution is -2.46. The van der Waals surface area contributed by atoms with Crippen molar-refractivity contribution in [1.29, 1.82) is 5.26 Å². The van der Waals surface area contributed by atoms with Crippen LogP contribution in [-0.2, 0) is 6.18 Å². The van der Waals surface area contributed by atoms with Crippen molar-refractivity contribution < 1.29 is 17.6 Å². The summed E-state index contributed by atoms with van der Waals surface area (Å²) in [5.74, 6) is -0.311. The maximum absolute atomic E-state index is 13.9. The molecule has 0 aromatic heterocycles. The van der Waals surface area contributed by atoms with Gasteiger partial charge in [-0.1, -0.05) is 12.1 Å². The highest BCUT2D eigenvalue weighted by Gasteiger charge is 2.34. The molecule has 0 amide bonds. The highest BCUT2D eigenvalue weighted by molar-refractivity contribution is 5.56. The van der Waals surface area contributed by atoms with E-state index in [1.54, 1.807) is 24.3 Å². The zero-order valence-electron chi connectivity index (χ0n) is 13.2. The van der Waals surface area contributed by atoms with Crippen molar-refractivity contribution in [3.05, 3.63) is 59.4 Å². The Morgan fingerprint density at radius 2 is 1.56 bits per heavy atom. The van der Waals surface area contributed by atoms with Crippen LogP contribution in [0.25, 0.3) is 0 Å². The van der Waals surface area contributed by atoms with Crippen molar-refractivity contribution in [1.82, 2.24) is 0 Å². The average molecular weight is 349 g/mol. The summed E-state index contributed by atoms with van der Waals surface area (Å²) in [5, 5.41) is 8.86. The summed E-state index contributed by atoms with van der Waals surface area (Å²) in [6, 6.07) is 11.7. The van der Waals surface area contributed by atoms with E-state index in [9.17, 15) is 17.6 Å². The smallest absolute Gasteiger partial charge is 0.368 e. The van der Waals surface area contributed by atoms with E-state index >= 15 is 0 Å². The first-order chi connectivity index (χ1) is 11.9. The van der Waals surface area contributed by atoms with Crippen LogP contribution in [0.3, 0.4) is 0 Å². The van der Waals surface area contributed by atoms with Gasteiger partial charge in [-0.3, -0.25) is 0 Å². The standard InChI is InChI=1S/C18H15F4N3/c19-16-3-1-2-4-17(16)25-9-7-24(8-10-25)14-6-5-13(12-23)15(11-14)18(20,21)22/h1-6,11H,7-10H2. The summed E-state index contributed by atoms with van der Waals surface area (Å²) in [7, 11) is 0. The Morgan fingerprint density at radius 3 is 2.16 bits per heavy atom. The molecule has 0 unspecified atom stereocenters. The molecule has 1 heterocycles. The van der Waals surface area contributed by atoms with E-state index in [4.69, 9.17) is 5.26 Å². The first-order valence-corrected chi connectivity index (χ1v) is 7.76. The van der Waals surface area contributed by atoms with E-state index in [0.717, 1.165) is 6.07 Å². The number of alkyl halides is 3. The predicted octanol–water partition coefficient (Wildman–Crippen LogP) is 4.04. The third-order valence-electron chi connectivity index (χ3n) is 4.27.